The van der Waals surface area contributed by atoms with Crippen LogP contribution in [0.25, 0.3) is 0 Å². The van der Waals surface area contributed by atoms with E-state index in [-0.39, 0.29) is 0 Å². The standard InChI is InChI=1S/C14H29NO/c1-3-5-7-8-9-10-14-15(11-6-4-2)12-13-16-14/h14H,3-13H2,1-2H3. The molecule has 0 bridgehead atoms. The van der Waals surface area contributed by atoms with Crippen molar-refractivity contribution in [1.82, 2.24) is 4.90 Å². The van der Waals surface area contributed by atoms with Gasteiger partial charge in [-0.15, -0.1) is 0 Å². The molecule has 1 atom stereocenters. The summed E-state index contributed by atoms with van der Waals surface area (Å²) in [5.41, 5.74) is 0. The number of hydrogen-bond acceptors (Lipinski definition) is 2. The van der Waals surface area contributed by atoms with Crippen LogP contribution in [0, 0.1) is 0 Å². The Labute approximate surface area is 101 Å². The zero-order valence-corrected chi connectivity index (χ0v) is 11.2. The highest BCUT2D eigenvalue weighted by atomic mass is 16.5. The van der Waals surface area contributed by atoms with Crippen LogP contribution in [0.2, 0.25) is 0 Å². The van der Waals surface area contributed by atoms with Crippen molar-refractivity contribution < 1.29 is 4.74 Å². The van der Waals surface area contributed by atoms with E-state index >= 15 is 0 Å². The third-order valence-electron chi connectivity index (χ3n) is 3.45. The van der Waals surface area contributed by atoms with Gasteiger partial charge in [-0.05, 0) is 19.3 Å². The quantitative estimate of drug-likeness (QED) is 0.555. The highest BCUT2D eigenvalue weighted by molar-refractivity contribution is 4.69. The molecule has 1 saturated heterocycles. The largest absolute Gasteiger partial charge is 0.362 e. The van der Waals surface area contributed by atoms with Crippen LogP contribution in [0.5, 0.6) is 0 Å². The number of hydrogen-bond donors (Lipinski definition) is 0. The van der Waals surface area contributed by atoms with E-state index in [4.69, 9.17) is 4.74 Å². The zero-order valence-electron chi connectivity index (χ0n) is 11.2. The Morgan fingerprint density at radius 3 is 2.50 bits per heavy atom. The minimum absolute atomic E-state index is 0.438. The van der Waals surface area contributed by atoms with Gasteiger partial charge in [-0.3, -0.25) is 4.90 Å². The molecule has 0 aliphatic carbocycles. The second kappa shape index (κ2) is 9.00. The highest BCUT2D eigenvalue weighted by Gasteiger charge is 2.23. The molecule has 0 aromatic carbocycles. The Balaban J connectivity index is 2.05. The molecule has 2 nitrogen and oxygen atoms in total. The summed E-state index contributed by atoms with van der Waals surface area (Å²) in [5, 5.41) is 0. The molecule has 0 spiro atoms. The van der Waals surface area contributed by atoms with E-state index in [1.54, 1.807) is 0 Å². The molecular formula is C14H29NO. The maximum Gasteiger partial charge on any atom is 0.110 e. The van der Waals surface area contributed by atoms with Gasteiger partial charge in [-0.2, -0.15) is 0 Å². The van der Waals surface area contributed by atoms with Crippen LogP contribution in [-0.4, -0.2) is 30.8 Å². The molecule has 1 rings (SSSR count). The van der Waals surface area contributed by atoms with Gasteiger partial charge in [-0.25, -0.2) is 0 Å². The molecule has 0 radical (unpaired) electrons. The summed E-state index contributed by atoms with van der Waals surface area (Å²) in [5.74, 6) is 0. The molecule has 96 valence electrons. The second-order valence-corrected chi connectivity index (χ2v) is 4.92. The van der Waals surface area contributed by atoms with Crippen LogP contribution in [0.3, 0.4) is 0 Å². The fraction of sp³-hybridized carbons (Fsp3) is 1.00. The van der Waals surface area contributed by atoms with E-state index in [2.05, 4.69) is 18.7 Å². The Bertz CT molecular complexity index is 161. The Kier molecular flexibility index (Phi) is 7.87. The smallest absolute Gasteiger partial charge is 0.110 e. The lowest BCUT2D eigenvalue weighted by Crippen LogP contribution is -2.31. The molecule has 0 amide bonds. The van der Waals surface area contributed by atoms with E-state index in [9.17, 15) is 0 Å². The van der Waals surface area contributed by atoms with Gasteiger partial charge in [0, 0.05) is 13.1 Å². The summed E-state index contributed by atoms with van der Waals surface area (Å²) in [6, 6.07) is 0. The third kappa shape index (κ3) is 5.31. The monoisotopic (exact) mass is 227 g/mol. The number of unbranched alkanes of at least 4 members (excludes halogenated alkanes) is 5. The normalized spacial score (nSPS) is 21.8. The summed E-state index contributed by atoms with van der Waals surface area (Å²) in [7, 11) is 0. The third-order valence-corrected chi connectivity index (χ3v) is 3.45. The van der Waals surface area contributed by atoms with Crippen LogP contribution >= 0.6 is 0 Å². The van der Waals surface area contributed by atoms with E-state index in [1.165, 1.54) is 57.9 Å². The first-order chi connectivity index (χ1) is 7.88. The van der Waals surface area contributed by atoms with Crippen molar-refractivity contribution in [1.29, 1.82) is 0 Å². The van der Waals surface area contributed by atoms with E-state index in [0.29, 0.717) is 6.23 Å². The van der Waals surface area contributed by atoms with Crippen LogP contribution in [-0.2, 0) is 4.74 Å². The van der Waals surface area contributed by atoms with Crippen LogP contribution in [0.1, 0.15) is 65.2 Å². The molecule has 0 aromatic rings. The minimum atomic E-state index is 0.438. The van der Waals surface area contributed by atoms with Gasteiger partial charge in [0.2, 0.25) is 0 Å². The summed E-state index contributed by atoms with van der Waals surface area (Å²) < 4.78 is 5.80. The van der Waals surface area contributed by atoms with Gasteiger partial charge >= 0.3 is 0 Å². The minimum Gasteiger partial charge on any atom is -0.362 e. The molecule has 1 aliphatic rings. The molecule has 0 aromatic heterocycles. The SMILES string of the molecule is CCCCCCCC1OCCN1CCCC. The molecule has 1 aliphatic heterocycles. The number of rotatable bonds is 9. The Hall–Kier alpha value is -0.0800. The maximum absolute atomic E-state index is 5.80. The van der Waals surface area contributed by atoms with Crippen LogP contribution < -0.4 is 0 Å². The average molecular weight is 227 g/mol. The molecule has 0 saturated carbocycles. The highest BCUT2D eigenvalue weighted by Crippen LogP contribution is 2.17. The number of nitrogens with zero attached hydrogens (tertiary/aromatic N) is 1. The Morgan fingerprint density at radius 1 is 1.00 bits per heavy atom. The van der Waals surface area contributed by atoms with Gasteiger partial charge in [0.25, 0.3) is 0 Å². The fourth-order valence-electron chi connectivity index (χ4n) is 2.36. The first-order valence-electron chi connectivity index (χ1n) is 7.24. The van der Waals surface area contributed by atoms with Crippen molar-refractivity contribution >= 4 is 0 Å². The molecular weight excluding hydrogens is 198 g/mol. The van der Waals surface area contributed by atoms with Crippen molar-refractivity contribution in [3.05, 3.63) is 0 Å². The summed E-state index contributed by atoms with van der Waals surface area (Å²) in [4.78, 5) is 2.53. The van der Waals surface area contributed by atoms with Gasteiger partial charge in [0.05, 0.1) is 6.61 Å². The summed E-state index contributed by atoms with van der Waals surface area (Å²) in [6.07, 6.45) is 11.1. The molecule has 2 heteroatoms. The average Bonchev–Trinajstić information content (AvgIpc) is 2.74. The zero-order chi connectivity index (χ0) is 11.6. The van der Waals surface area contributed by atoms with Gasteiger partial charge in [0.1, 0.15) is 6.23 Å². The number of ether oxygens (including phenoxy) is 1. The van der Waals surface area contributed by atoms with E-state index in [1.807, 2.05) is 0 Å². The van der Waals surface area contributed by atoms with Crippen molar-refractivity contribution in [3.8, 4) is 0 Å². The topological polar surface area (TPSA) is 12.5 Å². The fourth-order valence-corrected chi connectivity index (χ4v) is 2.36. The maximum atomic E-state index is 5.80. The van der Waals surface area contributed by atoms with Crippen molar-refractivity contribution in [3.63, 3.8) is 0 Å². The van der Waals surface area contributed by atoms with E-state index < -0.39 is 0 Å². The van der Waals surface area contributed by atoms with E-state index in [0.717, 1.165) is 13.2 Å². The molecule has 1 heterocycles. The predicted molar refractivity (Wildman–Crippen MR) is 69.6 cm³/mol. The lowest BCUT2D eigenvalue weighted by molar-refractivity contribution is 0.0248. The predicted octanol–water partition coefficient (Wildman–Crippen LogP) is 3.81. The van der Waals surface area contributed by atoms with Gasteiger partial charge < -0.3 is 4.74 Å². The molecule has 16 heavy (non-hydrogen) atoms. The second-order valence-electron chi connectivity index (χ2n) is 4.92. The van der Waals surface area contributed by atoms with Crippen molar-refractivity contribution in [2.24, 2.45) is 0 Å². The molecule has 0 N–H and O–H groups in total. The van der Waals surface area contributed by atoms with Gasteiger partial charge in [0.15, 0.2) is 0 Å². The summed E-state index contributed by atoms with van der Waals surface area (Å²) in [6.45, 7) is 7.86. The lowest BCUT2D eigenvalue weighted by Gasteiger charge is -2.22. The van der Waals surface area contributed by atoms with Crippen LogP contribution in [0.15, 0.2) is 0 Å². The first kappa shape index (κ1) is 14.0. The van der Waals surface area contributed by atoms with Gasteiger partial charge in [-0.1, -0.05) is 46.0 Å². The van der Waals surface area contributed by atoms with Crippen LogP contribution in [0.4, 0.5) is 0 Å². The Morgan fingerprint density at radius 2 is 1.75 bits per heavy atom. The first-order valence-corrected chi connectivity index (χ1v) is 7.24. The van der Waals surface area contributed by atoms with Crippen molar-refractivity contribution in [2.75, 3.05) is 19.7 Å². The molecule has 1 unspecified atom stereocenters. The summed E-state index contributed by atoms with van der Waals surface area (Å²) >= 11 is 0. The molecule has 1 fully saturated rings. The van der Waals surface area contributed by atoms with Crippen molar-refractivity contribution in [2.45, 2.75) is 71.4 Å². The lowest BCUT2D eigenvalue weighted by atomic mass is 10.1.